The maximum atomic E-state index is 12.7. The highest BCUT2D eigenvalue weighted by Gasteiger charge is 2.40. The number of sulfonamides is 1. The van der Waals surface area contributed by atoms with E-state index in [-0.39, 0.29) is 10.9 Å². The lowest BCUT2D eigenvalue weighted by Crippen LogP contribution is -2.58. The molecule has 2 aromatic rings. The summed E-state index contributed by atoms with van der Waals surface area (Å²) >= 11 is 0. The topological polar surface area (TPSA) is 61.9 Å². The molecule has 0 radical (unpaired) electrons. The Labute approximate surface area is 179 Å². The minimum Gasteiger partial charge on any atom is -0.497 e. The summed E-state index contributed by atoms with van der Waals surface area (Å²) in [5, 5.41) is 0. The molecule has 3 aliphatic heterocycles. The molecule has 1 N–H and O–H groups in total. The zero-order valence-corrected chi connectivity index (χ0v) is 18.5. The Kier molecular flexibility index (Phi) is 6.32. The van der Waals surface area contributed by atoms with Crippen molar-refractivity contribution < 1.29 is 13.2 Å². The standard InChI is InChI=1S/C23H31N3O3S/c1-25(20-6-4-3-5-7-20)16-19-17-26-13-12-18(19)14-21(26)15-24-30(27,28)23-10-8-22(29-2)9-11-23/h3-11,18-19,21,24H,12-17H2,1-2H3/t18-,19+,21+/m0/s1. The molecule has 0 spiro atoms. The van der Waals surface area contributed by atoms with Gasteiger partial charge >= 0.3 is 0 Å². The van der Waals surface area contributed by atoms with Gasteiger partial charge in [0.1, 0.15) is 5.75 Å². The van der Waals surface area contributed by atoms with Crippen LogP contribution in [0.5, 0.6) is 5.75 Å². The SMILES string of the molecule is COc1ccc(S(=O)(=O)NC[C@H]2C[C@@H]3CCN2C[C@H]3CN(C)c2ccccc2)cc1. The zero-order chi connectivity index (χ0) is 21.1. The number of hydrogen-bond acceptors (Lipinski definition) is 5. The zero-order valence-electron chi connectivity index (χ0n) is 17.7. The lowest BCUT2D eigenvalue weighted by atomic mass is 9.75. The second-order valence-electron chi connectivity index (χ2n) is 8.44. The summed E-state index contributed by atoms with van der Waals surface area (Å²) in [5.74, 6) is 1.92. The van der Waals surface area contributed by atoms with Crippen LogP contribution >= 0.6 is 0 Å². The van der Waals surface area contributed by atoms with Crippen LogP contribution in [0.25, 0.3) is 0 Å². The second kappa shape index (κ2) is 8.96. The summed E-state index contributed by atoms with van der Waals surface area (Å²) in [6, 6.07) is 17.3. The highest BCUT2D eigenvalue weighted by atomic mass is 32.2. The molecule has 30 heavy (non-hydrogen) atoms. The first-order chi connectivity index (χ1) is 14.5. The number of anilines is 1. The van der Waals surface area contributed by atoms with Crippen LogP contribution in [0.15, 0.2) is 59.5 Å². The van der Waals surface area contributed by atoms with E-state index in [1.54, 1.807) is 31.4 Å². The summed E-state index contributed by atoms with van der Waals surface area (Å²) in [6.07, 6.45) is 2.26. The fourth-order valence-corrected chi connectivity index (χ4v) is 5.93. The van der Waals surface area contributed by atoms with Gasteiger partial charge in [-0.25, -0.2) is 13.1 Å². The highest BCUT2D eigenvalue weighted by molar-refractivity contribution is 7.89. The van der Waals surface area contributed by atoms with Crippen LogP contribution in [0.4, 0.5) is 5.69 Å². The second-order valence-corrected chi connectivity index (χ2v) is 10.2. The summed E-state index contributed by atoms with van der Waals surface area (Å²) in [7, 11) is 0.218. The van der Waals surface area contributed by atoms with Crippen molar-refractivity contribution >= 4 is 15.7 Å². The average Bonchev–Trinajstić information content (AvgIpc) is 2.79. The predicted molar refractivity (Wildman–Crippen MR) is 119 cm³/mol. The van der Waals surface area contributed by atoms with Gasteiger partial charge in [0.05, 0.1) is 12.0 Å². The van der Waals surface area contributed by atoms with Gasteiger partial charge in [0.25, 0.3) is 0 Å². The number of nitrogens with zero attached hydrogens (tertiary/aromatic N) is 2. The third-order valence-corrected chi connectivity index (χ3v) is 8.04. The molecular weight excluding hydrogens is 398 g/mol. The Balaban J connectivity index is 1.33. The normalized spacial score (nSPS) is 25.8. The van der Waals surface area contributed by atoms with Crippen LogP contribution < -0.4 is 14.4 Å². The van der Waals surface area contributed by atoms with E-state index in [0.717, 1.165) is 26.1 Å². The number of rotatable bonds is 8. The van der Waals surface area contributed by atoms with Crippen molar-refractivity contribution in [2.24, 2.45) is 11.8 Å². The van der Waals surface area contributed by atoms with E-state index in [1.807, 2.05) is 6.07 Å². The van der Waals surface area contributed by atoms with E-state index < -0.39 is 10.0 Å². The van der Waals surface area contributed by atoms with Gasteiger partial charge in [0.2, 0.25) is 10.0 Å². The maximum Gasteiger partial charge on any atom is 0.240 e. The van der Waals surface area contributed by atoms with Crippen molar-refractivity contribution in [3.05, 3.63) is 54.6 Å². The van der Waals surface area contributed by atoms with Gasteiger partial charge in [0.15, 0.2) is 0 Å². The number of methoxy groups -OCH3 is 1. The molecule has 6 nitrogen and oxygen atoms in total. The first kappa shape index (κ1) is 21.2. The van der Waals surface area contributed by atoms with E-state index >= 15 is 0 Å². The van der Waals surface area contributed by atoms with Crippen molar-refractivity contribution in [1.29, 1.82) is 0 Å². The van der Waals surface area contributed by atoms with Crippen molar-refractivity contribution in [2.75, 3.05) is 45.2 Å². The number of benzene rings is 2. The van der Waals surface area contributed by atoms with Crippen LogP contribution in [-0.2, 0) is 10.0 Å². The Morgan fingerprint density at radius 1 is 1.13 bits per heavy atom. The van der Waals surface area contributed by atoms with E-state index in [1.165, 1.54) is 12.1 Å². The lowest BCUT2D eigenvalue weighted by molar-refractivity contribution is 0.00693. The quantitative estimate of drug-likeness (QED) is 0.699. The van der Waals surface area contributed by atoms with Crippen LogP contribution in [0, 0.1) is 11.8 Å². The Morgan fingerprint density at radius 2 is 1.87 bits per heavy atom. The highest BCUT2D eigenvalue weighted by Crippen LogP contribution is 2.37. The molecule has 3 saturated heterocycles. The molecule has 7 heteroatoms. The van der Waals surface area contributed by atoms with Gasteiger partial charge in [-0.05, 0) is 67.6 Å². The van der Waals surface area contributed by atoms with Crippen molar-refractivity contribution in [1.82, 2.24) is 9.62 Å². The molecule has 1 unspecified atom stereocenters. The van der Waals surface area contributed by atoms with Gasteiger partial charge in [0, 0.05) is 38.4 Å². The molecule has 0 saturated carbocycles. The molecule has 3 aliphatic rings. The Hall–Kier alpha value is -2.09. The van der Waals surface area contributed by atoms with E-state index in [9.17, 15) is 8.42 Å². The van der Waals surface area contributed by atoms with Crippen LogP contribution in [-0.4, -0.2) is 59.7 Å². The fraction of sp³-hybridized carbons (Fsp3) is 0.478. The monoisotopic (exact) mass is 429 g/mol. The molecule has 3 fully saturated rings. The van der Waals surface area contributed by atoms with Crippen LogP contribution in [0.1, 0.15) is 12.8 Å². The van der Waals surface area contributed by atoms with E-state index in [0.29, 0.717) is 24.1 Å². The lowest BCUT2D eigenvalue weighted by Gasteiger charge is -2.50. The Morgan fingerprint density at radius 3 is 2.50 bits per heavy atom. The van der Waals surface area contributed by atoms with E-state index in [2.05, 4.69) is 45.8 Å². The first-order valence-corrected chi connectivity index (χ1v) is 12.1. The van der Waals surface area contributed by atoms with Gasteiger partial charge in [-0.3, -0.25) is 4.90 Å². The van der Waals surface area contributed by atoms with Crippen molar-refractivity contribution in [3.63, 3.8) is 0 Å². The molecule has 0 aromatic heterocycles. The third kappa shape index (κ3) is 4.63. The number of nitrogens with one attached hydrogen (secondary N) is 1. The summed E-state index contributed by atoms with van der Waals surface area (Å²) in [6.45, 7) is 3.60. The first-order valence-electron chi connectivity index (χ1n) is 10.6. The van der Waals surface area contributed by atoms with Gasteiger partial charge in [-0.2, -0.15) is 0 Å². The van der Waals surface area contributed by atoms with Gasteiger partial charge in [-0.1, -0.05) is 18.2 Å². The minimum atomic E-state index is -3.51. The van der Waals surface area contributed by atoms with Crippen molar-refractivity contribution in [2.45, 2.75) is 23.8 Å². The maximum absolute atomic E-state index is 12.7. The summed E-state index contributed by atoms with van der Waals surface area (Å²) < 4.78 is 33.3. The molecule has 0 amide bonds. The van der Waals surface area contributed by atoms with Crippen LogP contribution in [0.2, 0.25) is 0 Å². The van der Waals surface area contributed by atoms with Gasteiger partial charge in [-0.15, -0.1) is 0 Å². The minimum absolute atomic E-state index is 0.273. The molecule has 4 atom stereocenters. The molecule has 2 aromatic carbocycles. The smallest absolute Gasteiger partial charge is 0.240 e. The number of hydrogen-bond donors (Lipinski definition) is 1. The number of ether oxygens (including phenoxy) is 1. The largest absolute Gasteiger partial charge is 0.497 e. The van der Waals surface area contributed by atoms with E-state index in [4.69, 9.17) is 4.74 Å². The molecular formula is C23H31N3O3S. The molecule has 162 valence electrons. The molecule has 0 aliphatic carbocycles. The third-order valence-electron chi connectivity index (χ3n) is 6.60. The fourth-order valence-electron chi connectivity index (χ4n) is 4.85. The van der Waals surface area contributed by atoms with Gasteiger partial charge < -0.3 is 9.64 Å². The molecule has 3 heterocycles. The predicted octanol–water partition coefficient (Wildman–Crippen LogP) is 2.82. The van der Waals surface area contributed by atoms with Crippen molar-refractivity contribution in [3.8, 4) is 5.75 Å². The molecule has 5 rings (SSSR count). The Bertz CT molecular complexity index is 934. The average molecular weight is 430 g/mol. The number of para-hydroxylation sites is 1. The number of piperidine rings is 3. The summed E-state index contributed by atoms with van der Waals surface area (Å²) in [5.41, 5.74) is 1.25. The summed E-state index contributed by atoms with van der Waals surface area (Å²) in [4.78, 5) is 5.09. The number of fused-ring (bicyclic) bond motifs is 3. The van der Waals surface area contributed by atoms with Crippen LogP contribution in [0.3, 0.4) is 0 Å². The molecule has 2 bridgehead atoms.